The van der Waals surface area contributed by atoms with Crippen LogP contribution in [0.1, 0.15) is 13.3 Å². The lowest BCUT2D eigenvalue weighted by atomic mass is 10.2. The maximum atomic E-state index is 13.8. The molecule has 2 amide bonds. The molecule has 0 unspecified atom stereocenters. The topological polar surface area (TPSA) is 102 Å². The summed E-state index contributed by atoms with van der Waals surface area (Å²) in [5.74, 6) is -1.28. The van der Waals surface area contributed by atoms with E-state index in [9.17, 15) is 22.4 Å². The van der Waals surface area contributed by atoms with Crippen molar-refractivity contribution < 1.29 is 27.1 Å². The highest BCUT2D eigenvalue weighted by molar-refractivity contribution is 9.10. The van der Waals surface area contributed by atoms with Crippen LogP contribution in [0.4, 0.5) is 15.8 Å². The number of carbonyl (C=O) groups excluding carboxylic acids is 2. The molecule has 2 N–H and O–H groups in total. The molecule has 1 aliphatic heterocycles. The van der Waals surface area contributed by atoms with Crippen LogP contribution in [-0.2, 0) is 19.4 Å². The molecule has 1 aliphatic rings. The monoisotopic (exact) mass is 470 g/mol. The summed E-state index contributed by atoms with van der Waals surface area (Å²) in [6, 6.07) is 8.23. The van der Waals surface area contributed by atoms with E-state index in [-0.39, 0.29) is 35.2 Å². The van der Waals surface area contributed by atoms with Crippen LogP contribution < -0.4 is 15.4 Å². The van der Waals surface area contributed by atoms with E-state index in [1.54, 1.807) is 6.07 Å². The molecule has 0 saturated heterocycles. The van der Waals surface area contributed by atoms with Gasteiger partial charge in [0.15, 0.2) is 16.4 Å². The van der Waals surface area contributed by atoms with Crippen molar-refractivity contribution >= 4 is 49.0 Å². The SMILES string of the molecule is C[C@H](CC(=O)Nc1ccc(Br)cc1F)S(=O)(=O)c1ccc2c(c1)NC(=O)CO2. The molecule has 10 heteroatoms. The van der Waals surface area contributed by atoms with Crippen LogP contribution in [0.2, 0.25) is 0 Å². The van der Waals surface area contributed by atoms with E-state index < -0.39 is 26.8 Å². The van der Waals surface area contributed by atoms with E-state index in [0.717, 1.165) is 0 Å². The minimum atomic E-state index is -3.86. The Labute approximate surface area is 169 Å². The first-order chi connectivity index (χ1) is 13.2. The van der Waals surface area contributed by atoms with E-state index in [4.69, 9.17) is 4.74 Å². The third kappa shape index (κ3) is 4.33. The Hall–Kier alpha value is -2.46. The van der Waals surface area contributed by atoms with Crippen LogP contribution in [0.15, 0.2) is 45.8 Å². The second kappa shape index (κ2) is 7.88. The molecule has 2 aromatic carbocycles. The van der Waals surface area contributed by atoms with Crippen LogP contribution in [-0.4, -0.2) is 32.1 Å². The lowest BCUT2D eigenvalue weighted by Crippen LogP contribution is -2.27. The van der Waals surface area contributed by atoms with Crippen LogP contribution >= 0.6 is 15.9 Å². The molecule has 0 radical (unpaired) electrons. The summed E-state index contributed by atoms with van der Waals surface area (Å²) in [6.07, 6.45) is -0.363. The van der Waals surface area contributed by atoms with E-state index in [0.29, 0.717) is 10.2 Å². The Morgan fingerprint density at radius 1 is 1.32 bits per heavy atom. The largest absolute Gasteiger partial charge is 0.482 e. The molecule has 1 atom stereocenters. The van der Waals surface area contributed by atoms with Crippen molar-refractivity contribution in [2.45, 2.75) is 23.5 Å². The molecule has 2 aromatic rings. The molecule has 0 spiro atoms. The molecule has 148 valence electrons. The van der Waals surface area contributed by atoms with Gasteiger partial charge in [-0.1, -0.05) is 15.9 Å². The lowest BCUT2D eigenvalue weighted by molar-refractivity contribution is -0.118. The van der Waals surface area contributed by atoms with Crippen molar-refractivity contribution in [2.75, 3.05) is 17.2 Å². The van der Waals surface area contributed by atoms with Crippen LogP contribution in [0, 0.1) is 5.82 Å². The summed E-state index contributed by atoms with van der Waals surface area (Å²) in [5.41, 5.74) is 0.220. The minimum Gasteiger partial charge on any atom is -0.482 e. The molecule has 0 bridgehead atoms. The molecule has 0 fully saturated rings. The zero-order chi connectivity index (χ0) is 20.5. The first-order valence-electron chi connectivity index (χ1n) is 8.22. The fourth-order valence-electron chi connectivity index (χ4n) is 2.63. The quantitative estimate of drug-likeness (QED) is 0.698. The third-order valence-electron chi connectivity index (χ3n) is 4.12. The van der Waals surface area contributed by atoms with Crippen molar-refractivity contribution in [3.05, 3.63) is 46.7 Å². The Morgan fingerprint density at radius 2 is 2.07 bits per heavy atom. The highest BCUT2D eigenvalue weighted by Gasteiger charge is 2.28. The molecule has 3 rings (SSSR count). The number of carbonyl (C=O) groups is 2. The van der Waals surface area contributed by atoms with E-state index >= 15 is 0 Å². The van der Waals surface area contributed by atoms with Gasteiger partial charge in [-0.15, -0.1) is 0 Å². The van der Waals surface area contributed by atoms with Crippen LogP contribution in [0.5, 0.6) is 5.75 Å². The summed E-state index contributed by atoms with van der Waals surface area (Å²) in [6.45, 7) is 1.25. The van der Waals surface area contributed by atoms with Gasteiger partial charge in [0.25, 0.3) is 5.91 Å². The number of anilines is 2. The second-order valence-corrected chi connectivity index (χ2v) is 9.51. The summed E-state index contributed by atoms with van der Waals surface area (Å²) in [7, 11) is -3.86. The summed E-state index contributed by atoms with van der Waals surface area (Å²) >= 11 is 3.12. The number of nitrogens with one attached hydrogen (secondary N) is 2. The molecular formula is C18H16BrFN2O5S. The zero-order valence-corrected chi connectivity index (χ0v) is 17.1. The predicted octanol–water partition coefficient (Wildman–Crippen LogP) is 3.11. The fraction of sp³-hybridized carbons (Fsp3) is 0.222. The Kier molecular flexibility index (Phi) is 5.71. The van der Waals surface area contributed by atoms with Gasteiger partial charge in [-0.3, -0.25) is 9.59 Å². The highest BCUT2D eigenvalue weighted by Crippen LogP contribution is 2.31. The number of halogens is 2. The van der Waals surface area contributed by atoms with Gasteiger partial charge in [-0.05, 0) is 43.3 Å². The zero-order valence-electron chi connectivity index (χ0n) is 14.7. The maximum Gasteiger partial charge on any atom is 0.262 e. The standard InChI is InChI=1S/C18H16BrFN2O5S/c1-10(6-17(23)21-14-4-2-11(19)7-13(14)20)28(25,26)12-3-5-16-15(8-12)22-18(24)9-27-16/h2-5,7-8,10H,6,9H2,1H3,(H,21,23)(H,22,24)/t10-/m1/s1. The van der Waals surface area contributed by atoms with E-state index in [1.165, 1.54) is 37.3 Å². The number of benzene rings is 2. The minimum absolute atomic E-state index is 0.0357. The van der Waals surface area contributed by atoms with Crippen molar-refractivity contribution in [3.63, 3.8) is 0 Å². The van der Waals surface area contributed by atoms with Gasteiger partial charge in [-0.2, -0.15) is 0 Å². The summed E-state index contributed by atoms with van der Waals surface area (Å²) in [4.78, 5) is 23.6. The van der Waals surface area contributed by atoms with Crippen LogP contribution in [0.25, 0.3) is 0 Å². The summed E-state index contributed by atoms with van der Waals surface area (Å²) in [5, 5.41) is 3.85. The first-order valence-corrected chi connectivity index (χ1v) is 10.6. The van der Waals surface area contributed by atoms with E-state index in [1.807, 2.05) is 0 Å². The second-order valence-electron chi connectivity index (χ2n) is 6.23. The number of hydrogen-bond acceptors (Lipinski definition) is 5. The molecule has 7 nitrogen and oxygen atoms in total. The number of rotatable bonds is 5. The van der Waals surface area contributed by atoms with Crippen molar-refractivity contribution in [2.24, 2.45) is 0 Å². The smallest absolute Gasteiger partial charge is 0.262 e. The van der Waals surface area contributed by atoms with Crippen molar-refractivity contribution in [3.8, 4) is 5.75 Å². The number of ether oxygens (including phenoxy) is 1. The molecule has 0 saturated carbocycles. The van der Waals surface area contributed by atoms with Gasteiger partial charge in [-0.25, -0.2) is 12.8 Å². The van der Waals surface area contributed by atoms with Gasteiger partial charge < -0.3 is 15.4 Å². The average Bonchev–Trinajstić information content (AvgIpc) is 2.63. The normalized spacial score (nSPS) is 14.5. The van der Waals surface area contributed by atoms with Gasteiger partial charge in [0, 0.05) is 10.9 Å². The maximum absolute atomic E-state index is 13.8. The van der Waals surface area contributed by atoms with Gasteiger partial charge >= 0.3 is 0 Å². The molecule has 28 heavy (non-hydrogen) atoms. The Morgan fingerprint density at radius 3 is 2.79 bits per heavy atom. The average molecular weight is 471 g/mol. The Bertz CT molecular complexity index is 1060. The van der Waals surface area contributed by atoms with Gasteiger partial charge in [0.05, 0.1) is 21.5 Å². The fourth-order valence-corrected chi connectivity index (χ4v) is 4.34. The number of sulfone groups is 1. The highest BCUT2D eigenvalue weighted by atomic mass is 79.9. The van der Waals surface area contributed by atoms with Crippen LogP contribution in [0.3, 0.4) is 0 Å². The van der Waals surface area contributed by atoms with Crippen molar-refractivity contribution in [1.82, 2.24) is 0 Å². The number of hydrogen-bond donors (Lipinski definition) is 2. The Balaban J connectivity index is 1.74. The molecule has 0 aliphatic carbocycles. The number of fused-ring (bicyclic) bond motifs is 1. The van der Waals surface area contributed by atoms with Gasteiger partial charge in [0.1, 0.15) is 11.6 Å². The predicted molar refractivity (Wildman–Crippen MR) is 105 cm³/mol. The molecule has 0 aromatic heterocycles. The molecule has 1 heterocycles. The third-order valence-corrected chi connectivity index (χ3v) is 6.75. The first kappa shape index (κ1) is 20.3. The van der Waals surface area contributed by atoms with Gasteiger partial charge in [0.2, 0.25) is 5.91 Å². The summed E-state index contributed by atoms with van der Waals surface area (Å²) < 4.78 is 45.1. The molecular weight excluding hydrogens is 455 g/mol. The van der Waals surface area contributed by atoms with Crippen molar-refractivity contribution in [1.29, 1.82) is 0 Å². The lowest BCUT2D eigenvalue weighted by Gasteiger charge is -2.19. The number of amides is 2. The van der Waals surface area contributed by atoms with E-state index in [2.05, 4.69) is 26.6 Å².